The smallest absolute Gasteiger partial charge is 0.334 e. The van der Waals surface area contributed by atoms with Gasteiger partial charge in [-0.2, -0.15) is 0 Å². The molecule has 0 radical (unpaired) electrons. The second-order valence-corrected chi connectivity index (χ2v) is 4.21. The molecule has 0 bridgehead atoms. The highest BCUT2D eigenvalue weighted by Crippen LogP contribution is 2.24. The van der Waals surface area contributed by atoms with Crippen LogP contribution in [0.2, 0.25) is 0 Å². The normalized spacial score (nSPS) is 24.4. The Morgan fingerprint density at radius 2 is 2.31 bits per heavy atom. The summed E-state index contributed by atoms with van der Waals surface area (Å²) in [5.41, 5.74) is 0.439. The maximum atomic E-state index is 11.2. The van der Waals surface area contributed by atoms with Gasteiger partial charge in [0.2, 0.25) is 0 Å². The van der Waals surface area contributed by atoms with Gasteiger partial charge in [0, 0.05) is 18.7 Å². The number of hydrogen-bond donors (Lipinski definition) is 2. The van der Waals surface area contributed by atoms with Crippen LogP contribution in [0.1, 0.15) is 26.2 Å². The topological polar surface area (TPSA) is 58.6 Å². The lowest BCUT2D eigenvalue weighted by Crippen LogP contribution is -2.30. The van der Waals surface area contributed by atoms with Crippen LogP contribution in [0.5, 0.6) is 0 Å². The van der Waals surface area contributed by atoms with E-state index in [4.69, 9.17) is 4.74 Å². The number of carbonyl (C=O) groups excluding carboxylic acids is 1. The Kier molecular flexibility index (Phi) is 5.49. The lowest BCUT2D eigenvalue weighted by atomic mass is 10.1. The molecule has 0 aromatic carbocycles. The number of rotatable bonds is 6. The fourth-order valence-electron chi connectivity index (χ4n) is 1.97. The van der Waals surface area contributed by atoms with Gasteiger partial charge in [-0.1, -0.05) is 13.0 Å². The molecule has 0 spiro atoms. The largest absolute Gasteiger partial charge is 0.463 e. The van der Waals surface area contributed by atoms with Gasteiger partial charge in [-0.3, -0.25) is 0 Å². The van der Waals surface area contributed by atoms with Gasteiger partial charge in [0.15, 0.2) is 0 Å². The van der Waals surface area contributed by atoms with Crippen LogP contribution in [0.3, 0.4) is 0 Å². The molecule has 2 N–H and O–H groups in total. The van der Waals surface area contributed by atoms with E-state index in [1.54, 1.807) is 6.92 Å². The summed E-state index contributed by atoms with van der Waals surface area (Å²) in [4.78, 5) is 11.2. The lowest BCUT2D eigenvalue weighted by Gasteiger charge is -2.15. The molecular formula is C12H21NO3. The first-order chi connectivity index (χ1) is 7.65. The number of nitrogens with one attached hydrogen (secondary N) is 1. The van der Waals surface area contributed by atoms with E-state index in [-0.39, 0.29) is 12.1 Å². The van der Waals surface area contributed by atoms with Crippen molar-refractivity contribution in [2.45, 2.75) is 32.3 Å². The minimum atomic E-state index is -0.345. The first-order valence-electron chi connectivity index (χ1n) is 5.88. The van der Waals surface area contributed by atoms with Crippen molar-refractivity contribution in [2.24, 2.45) is 5.92 Å². The predicted octanol–water partition coefficient (Wildman–Crippen LogP) is 0.856. The Balaban J connectivity index is 2.15. The molecule has 0 aromatic heterocycles. The fraction of sp³-hybridized carbons (Fsp3) is 0.750. The Hall–Kier alpha value is -0.870. The minimum Gasteiger partial charge on any atom is -0.463 e. The van der Waals surface area contributed by atoms with Crippen molar-refractivity contribution in [3.8, 4) is 0 Å². The molecule has 0 aliphatic heterocycles. The van der Waals surface area contributed by atoms with Crippen LogP contribution >= 0.6 is 0 Å². The van der Waals surface area contributed by atoms with Gasteiger partial charge >= 0.3 is 5.97 Å². The highest BCUT2D eigenvalue weighted by atomic mass is 16.5. The van der Waals surface area contributed by atoms with E-state index in [9.17, 15) is 9.90 Å². The molecule has 2 atom stereocenters. The number of hydrogen-bond acceptors (Lipinski definition) is 4. The molecule has 1 aliphatic carbocycles. The van der Waals surface area contributed by atoms with E-state index in [1.807, 2.05) is 0 Å². The van der Waals surface area contributed by atoms with Crippen molar-refractivity contribution in [3.63, 3.8) is 0 Å². The van der Waals surface area contributed by atoms with Gasteiger partial charge in [0.25, 0.3) is 0 Å². The molecule has 0 aromatic rings. The summed E-state index contributed by atoms with van der Waals surface area (Å²) in [7, 11) is 0. The number of aliphatic hydroxyl groups is 1. The fourth-order valence-corrected chi connectivity index (χ4v) is 1.97. The van der Waals surface area contributed by atoms with Crippen molar-refractivity contribution >= 4 is 5.97 Å². The van der Waals surface area contributed by atoms with Crippen molar-refractivity contribution in [1.82, 2.24) is 5.32 Å². The molecule has 1 rings (SSSR count). The third-order valence-electron chi connectivity index (χ3n) is 2.93. The monoisotopic (exact) mass is 227 g/mol. The van der Waals surface area contributed by atoms with Crippen LogP contribution in [0, 0.1) is 5.92 Å². The SMILES string of the molecule is C=C(CNCC1CCCC1O)C(=O)OCC. The van der Waals surface area contributed by atoms with Crippen LogP contribution in [-0.2, 0) is 9.53 Å². The van der Waals surface area contributed by atoms with Crippen LogP contribution < -0.4 is 5.32 Å². The Morgan fingerprint density at radius 1 is 1.56 bits per heavy atom. The molecule has 92 valence electrons. The molecule has 0 heterocycles. The summed E-state index contributed by atoms with van der Waals surface area (Å²) in [6, 6.07) is 0. The summed E-state index contributed by atoms with van der Waals surface area (Å²) < 4.78 is 4.82. The molecule has 16 heavy (non-hydrogen) atoms. The van der Waals surface area contributed by atoms with E-state index in [1.165, 1.54) is 0 Å². The second kappa shape index (κ2) is 6.66. The average Bonchev–Trinajstić information content (AvgIpc) is 2.65. The minimum absolute atomic E-state index is 0.191. The van der Waals surface area contributed by atoms with E-state index < -0.39 is 0 Å². The van der Waals surface area contributed by atoms with Crippen LogP contribution in [0.25, 0.3) is 0 Å². The Bertz CT molecular complexity index is 253. The van der Waals surface area contributed by atoms with Crippen LogP contribution in [0.15, 0.2) is 12.2 Å². The summed E-state index contributed by atoms with van der Waals surface area (Å²) in [6.07, 6.45) is 2.85. The molecule has 4 heteroatoms. The number of carbonyl (C=O) groups is 1. The first-order valence-corrected chi connectivity index (χ1v) is 5.88. The van der Waals surface area contributed by atoms with Crippen molar-refractivity contribution in [3.05, 3.63) is 12.2 Å². The zero-order valence-electron chi connectivity index (χ0n) is 9.87. The van der Waals surface area contributed by atoms with E-state index >= 15 is 0 Å². The Labute approximate surface area is 96.7 Å². The van der Waals surface area contributed by atoms with Gasteiger partial charge in [0.05, 0.1) is 12.7 Å². The standard InChI is InChI=1S/C12H21NO3/c1-3-16-12(15)9(2)7-13-8-10-5-4-6-11(10)14/h10-11,13-14H,2-8H2,1H3. The van der Waals surface area contributed by atoms with Gasteiger partial charge in [-0.15, -0.1) is 0 Å². The van der Waals surface area contributed by atoms with E-state index in [0.717, 1.165) is 25.8 Å². The second-order valence-electron chi connectivity index (χ2n) is 4.21. The summed E-state index contributed by atoms with van der Waals surface area (Å²) in [5.74, 6) is -0.0306. The van der Waals surface area contributed by atoms with E-state index in [0.29, 0.717) is 24.6 Å². The average molecular weight is 227 g/mol. The molecular weight excluding hydrogens is 206 g/mol. The molecule has 2 unspecified atom stereocenters. The van der Waals surface area contributed by atoms with Gasteiger partial charge in [-0.05, 0) is 25.7 Å². The third-order valence-corrected chi connectivity index (χ3v) is 2.93. The predicted molar refractivity (Wildman–Crippen MR) is 62.0 cm³/mol. The maximum Gasteiger partial charge on any atom is 0.334 e. The van der Waals surface area contributed by atoms with Crippen molar-refractivity contribution < 1.29 is 14.6 Å². The van der Waals surface area contributed by atoms with Crippen molar-refractivity contribution in [2.75, 3.05) is 19.7 Å². The van der Waals surface area contributed by atoms with Crippen LogP contribution in [0.4, 0.5) is 0 Å². The molecule has 1 fully saturated rings. The number of aliphatic hydroxyl groups excluding tert-OH is 1. The zero-order valence-corrected chi connectivity index (χ0v) is 9.87. The lowest BCUT2D eigenvalue weighted by molar-refractivity contribution is -0.138. The maximum absolute atomic E-state index is 11.2. The summed E-state index contributed by atoms with van der Waals surface area (Å²) >= 11 is 0. The molecule has 1 aliphatic rings. The quantitative estimate of drug-likeness (QED) is 0.522. The third kappa shape index (κ3) is 3.94. The molecule has 0 amide bonds. The van der Waals surface area contributed by atoms with Crippen LogP contribution in [-0.4, -0.2) is 36.9 Å². The summed E-state index contributed by atoms with van der Waals surface area (Å²) in [6.45, 7) is 6.97. The van der Waals surface area contributed by atoms with Gasteiger partial charge in [-0.25, -0.2) is 4.79 Å². The van der Waals surface area contributed by atoms with Gasteiger partial charge in [0.1, 0.15) is 0 Å². The first kappa shape index (κ1) is 13.2. The number of esters is 1. The van der Waals surface area contributed by atoms with Gasteiger partial charge < -0.3 is 15.2 Å². The highest BCUT2D eigenvalue weighted by molar-refractivity contribution is 5.88. The molecule has 1 saturated carbocycles. The van der Waals surface area contributed by atoms with E-state index in [2.05, 4.69) is 11.9 Å². The highest BCUT2D eigenvalue weighted by Gasteiger charge is 2.24. The zero-order chi connectivity index (χ0) is 12.0. The number of ether oxygens (including phenoxy) is 1. The molecule has 4 nitrogen and oxygen atoms in total. The Morgan fingerprint density at radius 3 is 2.88 bits per heavy atom. The molecule has 0 saturated heterocycles. The summed E-state index contributed by atoms with van der Waals surface area (Å²) in [5, 5.41) is 12.7. The van der Waals surface area contributed by atoms with Crippen molar-refractivity contribution in [1.29, 1.82) is 0 Å².